The van der Waals surface area contributed by atoms with Crippen LogP contribution in [0.25, 0.3) is 0 Å². The third kappa shape index (κ3) is 3.63. The van der Waals surface area contributed by atoms with Crippen LogP contribution in [0.1, 0.15) is 25.8 Å². The molecular weight excluding hydrogens is 238 g/mol. The smallest absolute Gasteiger partial charge is 0.161 e. The maximum atomic E-state index is 5.36. The largest absolute Gasteiger partial charge is 0.493 e. The summed E-state index contributed by atoms with van der Waals surface area (Å²) in [5, 5.41) is 0. The molecule has 2 unspecified atom stereocenters. The Morgan fingerprint density at radius 2 is 1.68 bits per heavy atom. The van der Waals surface area contributed by atoms with E-state index in [9.17, 15) is 0 Å². The molecule has 0 aliphatic carbocycles. The van der Waals surface area contributed by atoms with Crippen molar-refractivity contribution >= 4 is 0 Å². The molecule has 0 radical (unpaired) electrons. The van der Waals surface area contributed by atoms with Crippen LogP contribution < -0.4 is 9.47 Å². The van der Waals surface area contributed by atoms with E-state index >= 15 is 0 Å². The van der Waals surface area contributed by atoms with E-state index in [1.807, 2.05) is 6.07 Å². The molecule has 0 bridgehead atoms. The van der Waals surface area contributed by atoms with Crippen LogP contribution in [0, 0.1) is 11.8 Å². The molecule has 2 rings (SSSR count). The van der Waals surface area contributed by atoms with Crippen molar-refractivity contribution < 1.29 is 9.47 Å². The number of benzene rings is 1. The third-order valence-corrected chi connectivity index (χ3v) is 3.80. The Kier molecular flexibility index (Phi) is 4.70. The summed E-state index contributed by atoms with van der Waals surface area (Å²) < 4.78 is 10.6. The normalized spacial score (nSPS) is 24.2. The number of piperidine rings is 1. The van der Waals surface area contributed by atoms with Crippen molar-refractivity contribution in [3.8, 4) is 11.5 Å². The van der Waals surface area contributed by atoms with Crippen LogP contribution in [0.5, 0.6) is 11.5 Å². The second kappa shape index (κ2) is 6.29. The van der Waals surface area contributed by atoms with Crippen molar-refractivity contribution in [3.63, 3.8) is 0 Å². The van der Waals surface area contributed by atoms with Gasteiger partial charge in [-0.05, 0) is 36.0 Å². The number of ether oxygens (including phenoxy) is 2. The zero-order valence-electron chi connectivity index (χ0n) is 12.5. The summed E-state index contributed by atoms with van der Waals surface area (Å²) in [5.74, 6) is 3.21. The zero-order chi connectivity index (χ0) is 13.8. The molecule has 1 aromatic rings. The summed E-state index contributed by atoms with van der Waals surface area (Å²) >= 11 is 0. The lowest BCUT2D eigenvalue weighted by Crippen LogP contribution is -2.38. The highest BCUT2D eigenvalue weighted by Crippen LogP contribution is 2.29. The molecule has 0 spiro atoms. The fourth-order valence-electron chi connectivity index (χ4n) is 3.16. The second-order valence-electron chi connectivity index (χ2n) is 5.83. The molecule has 0 N–H and O–H groups in total. The van der Waals surface area contributed by atoms with E-state index in [1.165, 1.54) is 25.1 Å². The van der Waals surface area contributed by atoms with Gasteiger partial charge in [0.2, 0.25) is 0 Å². The zero-order valence-corrected chi connectivity index (χ0v) is 12.5. The van der Waals surface area contributed by atoms with Crippen LogP contribution in [0.4, 0.5) is 0 Å². The van der Waals surface area contributed by atoms with Crippen LogP contribution in [0.15, 0.2) is 18.2 Å². The van der Waals surface area contributed by atoms with Crippen molar-refractivity contribution in [1.29, 1.82) is 0 Å². The van der Waals surface area contributed by atoms with Gasteiger partial charge >= 0.3 is 0 Å². The van der Waals surface area contributed by atoms with Gasteiger partial charge in [-0.3, -0.25) is 4.90 Å². The first kappa shape index (κ1) is 14.2. The maximum Gasteiger partial charge on any atom is 0.161 e. The van der Waals surface area contributed by atoms with E-state index in [0.717, 1.165) is 29.9 Å². The van der Waals surface area contributed by atoms with E-state index in [4.69, 9.17) is 9.47 Å². The molecule has 19 heavy (non-hydrogen) atoms. The minimum Gasteiger partial charge on any atom is -0.493 e. The summed E-state index contributed by atoms with van der Waals surface area (Å²) in [5.41, 5.74) is 1.29. The first-order chi connectivity index (χ1) is 9.12. The van der Waals surface area contributed by atoms with E-state index in [0.29, 0.717) is 0 Å². The van der Waals surface area contributed by atoms with E-state index in [1.54, 1.807) is 14.2 Å². The highest BCUT2D eigenvalue weighted by atomic mass is 16.5. The Balaban J connectivity index is 2.06. The highest BCUT2D eigenvalue weighted by Gasteiger charge is 2.21. The van der Waals surface area contributed by atoms with Crippen molar-refractivity contribution in [1.82, 2.24) is 4.90 Å². The molecule has 1 aromatic carbocycles. The highest BCUT2D eigenvalue weighted by molar-refractivity contribution is 5.42. The Morgan fingerprint density at radius 3 is 2.26 bits per heavy atom. The van der Waals surface area contributed by atoms with Gasteiger partial charge in [0.1, 0.15) is 0 Å². The van der Waals surface area contributed by atoms with Gasteiger partial charge in [0.15, 0.2) is 11.5 Å². The molecule has 0 aromatic heterocycles. The third-order valence-electron chi connectivity index (χ3n) is 3.80. The van der Waals surface area contributed by atoms with Gasteiger partial charge in [-0.25, -0.2) is 0 Å². The van der Waals surface area contributed by atoms with Gasteiger partial charge in [0.25, 0.3) is 0 Å². The molecule has 0 amide bonds. The number of hydrogen-bond acceptors (Lipinski definition) is 3. The second-order valence-corrected chi connectivity index (χ2v) is 5.83. The lowest BCUT2D eigenvalue weighted by molar-refractivity contribution is 0.134. The minimum absolute atomic E-state index is 0.795. The van der Waals surface area contributed by atoms with Crippen molar-refractivity contribution in [2.24, 2.45) is 11.8 Å². The number of hydrogen-bond donors (Lipinski definition) is 0. The monoisotopic (exact) mass is 263 g/mol. The summed E-state index contributed by atoms with van der Waals surface area (Å²) in [4.78, 5) is 2.54. The van der Waals surface area contributed by atoms with Crippen LogP contribution >= 0.6 is 0 Å². The molecule has 1 fully saturated rings. The fourth-order valence-corrected chi connectivity index (χ4v) is 3.16. The van der Waals surface area contributed by atoms with Gasteiger partial charge in [-0.15, -0.1) is 0 Å². The van der Waals surface area contributed by atoms with Crippen LogP contribution in [0.2, 0.25) is 0 Å². The van der Waals surface area contributed by atoms with Gasteiger partial charge in [0.05, 0.1) is 14.2 Å². The minimum atomic E-state index is 0.795. The molecule has 0 saturated carbocycles. The van der Waals surface area contributed by atoms with Gasteiger partial charge < -0.3 is 9.47 Å². The molecule has 106 valence electrons. The summed E-state index contributed by atoms with van der Waals surface area (Å²) in [6.07, 6.45) is 1.35. The summed E-state index contributed by atoms with van der Waals surface area (Å²) in [7, 11) is 3.36. The standard InChI is InChI=1S/C16H25NO2/c1-12-7-13(2)10-17(9-12)11-14-5-6-15(18-3)16(8-14)19-4/h5-6,8,12-13H,7,9-11H2,1-4H3. The Hall–Kier alpha value is -1.22. The Bertz CT molecular complexity index is 409. The Labute approximate surface area is 116 Å². The van der Waals surface area contributed by atoms with Crippen LogP contribution in [-0.4, -0.2) is 32.2 Å². The SMILES string of the molecule is COc1ccc(CN2CC(C)CC(C)C2)cc1OC. The van der Waals surface area contributed by atoms with Crippen molar-refractivity contribution in [2.45, 2.75) is 26.8 Å². The predicted molar refractivity (Wildman–Crippen MR) is 77.8 cm³/mol. The Morgan fingerprint density at radius 1 is 1.05 bits per heavy atom. The molecule has 2 atom stereocenters. The molecule has 1 heterocycles. The molecule has 1 aliphatic heterocycles. The first-order valence-electron chi connectivity index (χ1n) is 7.05. The fraction of sp³-hybridized carbons (Fsp3) is 0.625. The predicted octanol–water partition coefficient (Wildman–Crippen LogP) is 3.18. The van der Waals surface area contributed by atoms with E-state index < -0.39 is 0 Å². The van der Waals surface area contributed by atoms with Crippen LogP contribution in [-0.2, 0) is 6.54 Å². The average Bonchev–Trinajstić information content (AvgIpc) is 2.37. The molecule has 3 nitrogen and oxygen atoms in total. The van der Waals surface area contributed by atoms with Crippen molar-refractivity contribution in [2.75, 3.05) is 27.3 Å². The molecular formula is C16H25NO2. The average molecular weight is 263 g/mol. The maximum absolute atomic E-state index is 5.36. The first-order valence-corrected chi connectivity index (χ1v) is 7.05. The van der Waals surface area contributed by atoms with E-state index in [-0.39, 0.29) is 0 Å². The molecule has 3 heteroatoms. The molecule has 1 aliphatic rings. The summed E-state index contributed by atoms with van der Waals surface area (Å²) in [6.45, 7) is 8.07. The number of likely N-dealkylation sites (tertiary alicyclic amines) is 1. The summed E-state index contributed by atoms with van der Waals surface area (Å²) in [6, 6.07) is 6.21. The number of nitrogens with zero attached hydrogens (tertiary/aromatic N) is 1. The van der Waals surface area contributed by atoms with Gasteiger partial charge in [0, 0.05) is 19.6 Å². The quantitative estimate of drug-likeness (QED) is 0.833. The lowest BCUT2D eigenvalue weighted by Gasteiger charge is -2.35. The van der Waals surface area contributed by atoms with Crippen molar-refractivity contribution in [3.05, 3.63) is 23.8 Å². The number of rotatable bonds is 4. The lowest BCUT2D eigenvalue weighted by atomic mass is 9.91. The number of methoxy groups -OCH3 is 2. The molecule has 1 saturated heterocycles. The topological polar surface area (TPSA) is 21.7 Å². The van der Waals surface area contributed by atoms with Gasteiger partial charge in [-0.2, -0.15) is 0 Å². The van der Waals surface area contributed by atoms with E-state index in [2.05, 4.69) is 30.9 Å². The van der Waals surface area contributed by atoms with Gasteiger partial charge in [-0.1, -0.05) is 19.9 Å². The van der Waals surface area contributed by atoms with Crippen LogP contribution in [0.3, 0.4) is 0 Å².